The SMILES string of the molecule is CCn1c(Cc2ccccc2)nnc1SC(C)C(=O)Nc1ccccc1F. The molecule has 0 saturated heterocycles. The maximum absolute atomic E-state index is 13.7. The second-order valence-electron chi connectivity index (χ2n) is 6.03. The lowest BCUT2D eigenvalue weighted by Gasteiger charge is -2.13. The highest BCUT2D eigenvalue weighted by Gasteiger charge is 2.20. The van der Waals surface area contributed by atoms with Crippen molar-refractivity contribution in [3.8, 4) is 0 Å². The van der Waals surface area contributed by atoms with E-state index in [9.17, 15) is 9.18 Å². The monoisotopic (exact) mass is 384 g/mol. The minimum absolute atomic E-state index is 0.177. The van der Waals surface area contributed by atoms with Crippen LogP contribution in [0.4, 0.5) is 10.1 Å². The van der Waals surface area contributed by atoms with Crippen LogP contribution in [0.3, 0.4) is 0 Å². The Labute approximate surface area is 162 Å². The molecule has 7 heteroatoms. The predicted octanol–water partition coefficient (Wildman–Crippen LogP) is 4.15. The fraction of sp³-hybridized carbons (Fsp3) is 0.250. The predicted molar refractivity (Wildman–Crippen MR) is 105 cm³/mol. The summed E-state index contributed by atoms with van der Waals surface area (Å²) in [5.41, 5.74) is 1.33. The molecule has 1 amide bonds. The zero-order valence-corrected chi connectivity index (χ0v) is 16.0. The van der Waals surface area contributed by atoms with Crippen molar-refractivity contribution < 1.29 is 9.18 Å². The summed E-state index contributed by atoms with van der Waals surface area (Å²) in [6, 6.07) is 16.2. The van der Waals surface area contributed by atoms with Crippen molar-refractivity contribution in [3.63, 3.8) is 0 Å². The molecular weight excluding hydrogens is 363 g/mol. The Kier molecular flexibility index (Phi) is 6.24. The fourth-order valence-electron chi connectivity index (χ4n) is 2.64. The van der Waals surface area contributed by atoms with Gasteiger partial charge in [-0.15, -0.1) is 10.2 Å². The van der Waals surface area contributed by atoms with E-state index in [0.29, 0.717) is 18.1 Å². The summed E-state index contributed by atoms with van der Waals surface area (Å²) in [7, 11) is 0. The molecule has 0 fully saturated rings. The molecule has 1 atom stereocenters. The first-order valence-electron chi connectivity index (χ1n) is 8.76. The lowest BCUT2D eigenvalue weighted by molar-refractivity contribution is -0.115. The third kappa shape index (κ3) is 4.74. The van der Waals surface area contributed by atoms with E-state index in [4.69, 9.17) is 0 Å². The van der Waals surface area contributed by atoms with E-state index in [-0.39, 0.29) is 11.6 Å². The molecule has 1 unspecified atom stereocenters. The van der Waals surface area contributed by atoms with E-state index < -0.39 is 11.1 Å². The van der Waals surface area contributed by atoms with Crippen molar-refractivity contribution in [3.05, 3.63) is 71.8 Å². The molecule has 140 valence electrons. The Morgan fingerprint density at radius 2 is 1.85 bits per heavy atom. The van der Waals surface area contributed by atoms with Gasteiger partial charge in [0.1, 0.15) is 11.6 Å². The second-order valence-corrected chi connectivity index (χ2v) is 7.34. The average Bonchev–Trinajstić information content (AvgIpc) is 3.05. The molecule has 3 aromatic rings. The third-order valence-corrected chi connectivity index (χ3v) is 5.18. The van der Waals surface area contributed by atoms with Crippen LogP contribution in [0, 0.1) is 5.82 Å². The van der Waals surface area contributed by atoms with Gasteiger partial charge in [0.2, 0.25) is 5.91 Å². The van der Waals surface area contributed by atoms with Gasteiger partial charge in [-0.2, -0.15) is 0 Å². The van der Waals surface area contributed by atoms with Gasteiger partial charge < -0.3 is 9.88 Å². The Hall–Kier alpha value is -2.67. The third-order valence-electron chi connectivity index (χ3n) is 4.10. The number of thioether (sulfide) groups is 1. The highest BCUT2D eigenvalue weighted by Crippen LogP contribution is 2.24. The van der Waals surface area contributed by atoms with Crippen molar-refractivity contribution in [2.24, 2.45) is 0 Å². The largest absolute Gasteiger partial charge is 0.323 e. The van der Waals surface area contributed by atoms with E-state index in [1.807, 2.05) is 41.8 Å². The molecule has 0 aliphatic carbocycles. The molecule has 1 N–H and O–H groups in total. The number of nitrogens with one attached hydrogen (secondary N) is 1. The summed E-state index contributed by atoms with van der Waals surface area (Å²) in [6.07, 6.45) is 0.679. The number of carbonyl (C=O) groups is 1. The maximum Gasteiger partial charge on any atom is 0.237 e. The van der Waals surface area contributed by atoms with Gasteiger partial charge in [0, 0.05) is 13.0 Å². The van der Waals surface area contributed by atoms with Gasteiger partial charge in [-0.3, -0.25) is 4.79 Å². The number of para-hydroxylation sites is 1. The highest BCUT2D eigenvalue weighted by molar-refractivity contribution is 8.00. The van der Waals surface area contributed by atoms with Gasteiger partial charge in [0.15, 0.2) is 5.16 Å². The fourth-order valence-corrected chi connectivity index (χ4v) is 3.57. The summed E-state index contributed by atoms with van der Waals surface area (Å²) in [4.78, 5) is 12.4. The first-order valence-corrected chi connectivity index (χ1v) is 9.64. The quantitative estimate of drug-likeness (QED) is 0.622. The van der Waals surface area contributed by atoms with E-state index in [1.165, 1.54) is 23.9 Å². The molecule has 0 saturated carbocycles. The van der Waals surface area contributed by atoms with Crippen LogP contribution < -0.4 is 5.32 Å². The van der Waals surface area contributed by atoms with Crippen LogP contribution in [-0.2, 0) is 17.8 Å². The lowest BCUT2D eigenvalue weighted by Crippen LogP contribution is -2.23. The van der Waals surface area contributed by atoms with Crippen molar-refractivity contribution in [2.45, 2.75) is 37.2 Å². The van der Waals surface area contributed by atoms with E-state index in [2.05, 4.69) is 15.5 Å². The number of amides is 1. The van der Waals surface area contributed by atoms with Crippen LogP contribution in [0.15, 0.2) is 59.8 Å². The number of rotatable bonds is 7. The van der Waals surface area contributed by atoms with Gasteiger partial charge in [-0.1, -0.05) is 54.2 Å². The van der Waals surface area contributed by atoms with E-state index in [1.54, 1.807) is 19.1 Å². The van der Waals surface area contributed by atoms with Gasteiger partial charge in [-0.25, -0.2) is 4.39 Å². The van der Waals surface area contributed by atoms with Gasteiger partial charge in [0.25, 0.3) is 0 Å². The van der Waals surface area contributed by atoms with Gasteiger partial charge >= 0.3 is 0 Å². The molecule has 0 aliphatic rings. The van der Waals surface area contributed by atoms with Crippen molar-refractivity contribution in [1.82, 2.24) is 14.8 Å². The Balaban J connectivity index is 1.69. The van der Waals surface area contributed by atoms with Crippen LogP contribution in [-0.4, -0.2) is 25.9 Å². The molecule has 0 radical (unpaired) electrons. The van der Waals surface area contributed by atoms with Crippen LogP contribution in [0.2, 0.25) is 0 Å². The summed E-state index contributed by atoms with van der Waals surface area (Å²) in [6.45, 7) is 4.50. The molecule has 5 nitrogen and oxygen atoms in total. The number of anilines is 1. The maximum atomic E-state index is 13.7. The molecule has 0 spiro atoms. The molecule has 27 heavy (non-hydrogen) atoms. The number of nitrogens with zero attached hydrogens (tertiary/aromatic N) is 3. The van der Waals surface area contributed by atoms with Crippen molar-refractivity contribution in [1.29, 1.82) is 0 Å². The Bertz CT molecular complexity index is 913. The first-order chi connectivity index (χ1) is 13.1. The zero-order valence-electron chi connectivity index (χ0n) is 15.2. The van der Waals surface area contributed by atoms with Crippen LogP contribution in [0.5, 0.6) is 0 Å². The smallest absolute Gasteiger partial charge is 0.237 e. The van der Waals surface area contributed by atoms with Crippen LogP contribution in [0.1, 0.15) is 25.2 Å². The van der Waals surface area contributed by atoms with Crippen molar-refractivity contribution >= 4 is 23.4 Å². The van der Waals surface area contributed by atoms with Gasteiger partial charge in [0.05, 0.1) is 10.9 Å². The van der Waals surface area contributed by atoms with Crippen LogP contribution >= 0.6 is 11.8 Å². The number of hydrogen-bond donors (Lipinski definition) is 1. The molecular formula is C20H21FN4OS. The molecule has 0 bridgehead atoms. The highest BCUT2D eigenvalue weighted by atomic mass is 32.2. The number of halogens is 1. The first kappa shape index (κ1) is 19.1. The number of aromatic nitrogens is 3. The molecule has 3 rings (SSSR count). The van der Waals surface area contributed by atoms with Crippen LogP contribution in [0.25, 0.3) is 0 Å². The second kappa shape index (κ2) is 8.81. The summed E-state index contributed by atoms with van der Waals surface area (Å²) < 4.78 is 15.7. The lowest BCUT2D eigenvalue weighted by atomic mass is 10.1. The number of carbonyl (C=O) groups excluding carboxylic acids is 1. The topological polar surface area (TPSA) is 59.8 Å². The summed E-state index contributed by atoms with van der Waals surface area (Å²) in [5.74, 6) is 0.123. The molecule has 0 aliphatic heterocycles. The normalized spacial score (nSPS) is 12.0. The molecule has 2 aromatic carbocycles. The summed E-state index contributed by atoms with van der Waals surface area (Å²) in [5, 5.41) is 11.4. The number of benzene rings is 2. The number of hydrogen-bond acceptors (Lipinski definition) is 4. The minimum Gasteiger partial charge on any atom is -0.323 e. The van der Waals surface area contributed by atoms with Gasteiger partial charge in [-0.05, 0) is 31.5 Å². The van der Waals surface area contributed by atoms with E-state index >= 15 is 0 Å². The summed E-state index contributed by atoms with van der Waals surface area (Å²) >= 11 is 1.31. The Morgan fingerprint density at radius 3 is 2.56 bits per heavy atom. The average molecular weight is 384 g/mol. The standard InChI is InChI=1S/C20H21FN4OS/c1-3-25-18(13-15-9-5-4-6-10-15)23-24-20(25)27-14(2)19(26)22-17-12-8-7-11-16(17)21/h4-12,14H,3,13H2,1-2H3,(H,22,26). The van der Waals surface area contributed by atoms with Crippen molar-refractivity contribution in [2.75, 3.05) is 5.32 Å². The molecule has 1 aromatic heterocycles. The zero-order chi connectivity index (χ0) is 19.2. The molecule has 1 heterocycles. The van der Waals surface area contributed by atoms with E-state index in [0.717, 1.165) is 11.4 Å². The minimum atomic E-state index is -0.454. The Morgan fingerprint density at radius 1 is 1.15 bits per heavy atom.